The molecule has 6 nitrogen and oxygen atoms in total. The topological polar surface area (TPSA) is 84.7 Å². The molecule has 10 heteroatoms. The molecule has 0 bridgehead atoms. The number of hydrogen-bond donors (Lipinski definition) is 0. The Labute approximate surface area is 203 Å². The maximum atomic E-state index is 15.0. The van der Waals surface area contributed by atoms with Crippen LogP contribution in [0.1, 0.15) is 0 Å². The number of nitrogens with zero attached hydrogens (tertiary/aromatic N) is 1. The highest BCUT2D eigenvalue weighted by atomic mass is 32.2. The van der Waals surface area contributed by atoms with E-state index in [2.05, 4.69) is 0 Å². The van der Waals surface area contributed by atoms with Gasteiger partial charge < -0.3 is 9.32 Å². The summed E-state index contributed by atoms with van der Waals surface area (Å²) in [6.45, 7) is -0.556. The van der Waals surface area contributed by atoms with E-state index in [0.717, 1.165) is 17.0 Å². The van der Waals surface area contributed by atoms with Crippen molar-refractivity contribution in [1.29, 1.82) is 0 Å². The van der Waals surface area contributed by atoms with Gasteiger partial charge in [0.15, 0.2) is 14.7 Å². The van der Waals surface area contributed by atoms with Crippen LogP contribution < -0.4 is 10.5 Å². The van der Waals surface area contributed by atoms with Gasteiger partial charge in [-0.3, -0.25) is 4.79 Å². The summed E-state index contributed by atoms with van der Waals surface area (Å²) in [5.41, 5.74) is -0.828. The summed E-state index contributed by atoms with van der Waals surface area (Å²) >= 11 is 0. The molecule has 1 fully saturated rings. The Balaban J connectivity index is 1.63. The second kappa shape index (κ2) is 8.63. The van der Waals surface area contributed by atoms with Crippen molar-refractivity contribution in [3.8, 4) is 11.1 Å². The Hall–Kier alpha value is -3.92. The highest BCUT2D eigenvalue weighted by molar-refractivity contribution is 7.91. The molecule has 1 aliphatic rings. The largest absolute Gasteiger partial charge is 0.422 e. The first-order valence-corrected chi connectivity index (χ1v) is 12.5. The molecule has 1 saturated heterocycles. The lowest BCUT2D eigenvalue weighted by molar-refractivity contribution is -0.141. The zero-order valence-corrected chi connectivity index (χ0v) is 19.3. The fourth-order valence-electron chi connectivity index (χ4n) is 4.43. The lowest BCUT2D eigenvalue weighted by Gasteiger charge is -2.17. The van der Waals surface area contributed by atoms with Crippen LogP contribution in [0.3, 0.4) is 0 Å². The Bertz CT molecular complexity index is 1630. The van der Waals surface area contributed by atoms with E-state index in [1.54, 1.807) is 30.3 Å². The quantitative estimate of drug-likeness (QED) is 0.362. The lowest BCUT2D eigenvalue weighted by Crippen LogP contribution is -2.37. The van der Waals surface area contributed by atoms with Crippen LogP contribution in [-0.4, -0.2) is 32.5 Å². The first kappa shape index (κ1) is 23.8. The van der Waals surface area contributed by atoms with Gasteiger partial charge in [0, 0.05) is 23.2 Å². The van der Waals surface area contributed by atoms with Crippen LogP contribution in [0.25, 0.3) is 22.1 Å². The Morgan fingerprint density at radius 3 is 2.25 bits per heavy atom. The van der Waals surface area contributed by atoms with Crippen LogP contribution in [0.5, 0.6) is 0 Å². The number of carbonyl (C=O) groups excluding carboxylic acids is 1. The Morgan fingerprint density at radius 1 is 0.917 bits per heavy atom. The molecule has 36 heavy (non-hydrogen) atoms. The predicted molar refractivity (Wildman–Crippen MR) is 127 cm³/mol. The number of rotatable bonds is 5. The minimum atomic E-state index is -4.71. The van der Waals surface area contributed by atoms with E-state index >= 15 is 8.78 Å². The summed E-state index contributed by atoms with van der Waals surface area (Å²) in [6, 6.07) is 18.6. The molecule has 0 aliphatic carbocycles. The lowest BCUT2D eigenvalue weighted by atomic mass is 10.0. The molecule has 1 amide bonds. The standard InChI is InChI=1S/C26H18F3NO5S/c27-18-12-10-16(11-13-18)22-20-8-4-5-9-21(20)35-24(31)23(22)36(33,34)15-17-14-30(25(32)26(17,28)29)19-6-2-1-3-7-19/h1-13,17H,14-15H2. The van der Waals surface area contributed by atoms with E-state index in [4.69, 9.17) is 4.42 Å². The van der Waals surface area contributed by atoms with Crippen molar-refractivity contribution in [2.24, 2.45) is 5.92 Å². The first-order chi connectivity index (χ1) is 17.1. The molecule has 1 unspecified atom stereocenters. The number of fused-ring (bicyclic) bond motifs is 1. The van der Waals surface area contributed by atoms with Crippen molar-refractivity contribution >= 4 is 32.4 Å². The van der Waals surface area contributed by atoms with Crippen molar-refractivity contribution in [3.63, 3.8) is 0 Å². The maximum Gasteiger partial charge on any atom is 0.355 e. The van der Waals surface area contributed by atoms with E-state index in [0.29, 0.717) is 0 Å². The molecule has 0 N–H and O–H groups in total. The van der Waals surface area contributed by atoms with Crippen molar-refractivity contribution in [3.05, 3.63) is 95.1 Å². The van der Waals surface area contributed by atoms with Crippen LogP contribution in [0.15, 0.2) is 93.0 Å². The third-order valence-corrected chi connectivity index (χ3v) is 7.98. The predicted octanol–water partition coefficient (Wildman–Crippen LogP) is 4.67. The van der Waals surface area contributed by atoms with Gasteiger partial charge in [-0.25, -0.2) is 17.6 Å². The molecule has 1 aromatic heterocycles. The molecule has 5 rings (SSSR count). The molecule has 0 spiro atoms. The molecule has 0 radical (unpaired) electrons. The van der Waals surface area contributed by atoms with E-state index < -0.39 is 56.2 Å². The molecule has 3 aromatic carbocycles. The minimum absolute atomic E-state index is 0.0746. The fraction of sp³-hybridized carbons (Fsp3) is 0.154. The van der Waals surface area contributed by atoms with Crippen LogP contribution in [0.2, 0.25) is 0 Å². The van der Waals surface area contributed by atoms with Crippen LogP contribution in [-0.2, 0) is 14.6 Å². The number of amides is 1. The smallest absolute Gasteiger partial charge is 0.355 e. The Morgan fingerprint density at radius 2 is 1.56 bits per heavy atom. The average Bonchev–Trinajstić information content (AvgIpc) is 3.07. The summed E-state index contributed by atoms with van der Waals surface area (Å²) < 4.78 is 75.9. The maximum absolute atomic E-state index is 15.0. The van der Waals surface area contributed by atoms with Gasteiger partial charge in [0.2, 0.25) is 0 Å². The van der Waals surface area contributed by atoms with Gasteiger partial charge in [-0.15, -0.1) is 0 Å². The minimum Gasteiger partial charge on any atom is -0.422 e. The van der Waals surface area contributed by atoms with Crippen molar-refractivity contribution in [2.45, 2.75) is 10.8 Å². The number of halogens is 3. The van der Waals surface area contributed by atoms with Crippen molar-refractivity contribution < 1.29 is 30.8 Å². The van der Waals surface area contributed by atoms with Gasteiger partial charge in [-0.05, 0) is 35.9 Å². The number of benzene rings is 3. The average molecular weight is 513 g/mol. The molecular weight excluding hydrogens is 495 g/mol. The third-order valence-electron chi connectivity index (χ3n) is 6.15. The fourth-order valence-corrected chi connectivity index (χ4v) is 6.27. The number of anilines is 1. The number of alkyl halides is 2. The van der Waals surface area contributed by atoms with E-state index in [1.807, 2.05) is 0 Å². The number of carbonyl (C=O) groups is 1. The summed E-state index contributed by atoms with van der Waals surface area (Å²) in [5.74, 6) is -9.16. The zero-order chi connectivity index (χ0) is 25.7. The van der Waals surface area contributed by atoms with Crippen LogP contribution in [0, 0.1) is 11.7 Å². The number of para-hydroxylation sites is 2. The second-order valence-electron chi connectivity index (χ2n) is 8.45. The molecule has 4 aromatic rings. The van der Waals surface area contributed by atoms with Gasteiger partial charge in [0.05, 0.1) is 11.7 Å². The summed E-state index contributed by atoms with van der Waals surface area (Å²) in [6.07, 6.45) is 0. The van der Waals surface area contributed by atoms with Gasteiger partial charge in [0.1, 0.15) is 11.4 Å². The SMILES string of the molecule is O=C1N(c2ccccc2)CC(CS(=O)(=O)c2c(-c3ccc(F)cc3)c3ccccc3oc2=O)C1(F)F. The van der Waals surface area contributed by atoms with Gasteiger partial charge in [0.25, 0.3) is 5.91 Å². The molecule has 1 aliphatic heterocycles. The van der Waals surface area contributed by atoms with E-state index in [1.165, 1.54) is 36.4 Å². The third kappa shape index (κ3) is 3.97. The van der Waals surface area contributed by atoms with Crippen molar-refractivity contribution in [2.75, 3.05) is 17.2 Å². The summed E-state index contributed by atoms with van der Waals surface area (Å²) in [4.78, 5) is 25.5. The zero-order valence-electron chi connectivity index (χ0n) is 18.5. The Kier molecular flexibility index (Phi) is 5.71. The van der Waals surface area contributed by atoms with Gasteiger partial charge >= 0.3 is 11.5 Å². The monoisotopic (exact) mass is 513 g/mol. The first-order valence-electron chi connectivity index (χ1n) is 10.9. The van der Waals surface area contributed by atoms with Gasteiger partial charge in [-0.1, -0.05) is 48.5 Å². The number of hydrogen-bond acceptors (Lipinski definition) is 5. The normalized spacial score (nSPS) is 17.6. The number of sulfone groups is 1. The van der Waals surface area contributed by atoms with Crippen LogP contribution in [0.4, 0.5) is 18.9 Å². The summed E-state index contributed by atoms with van der Waals surface area (Å²) in [5, 5.41) is 0.238. The van der Waals surface area contributed by atoms with Crippen molar-refractivity contribution in [1.82, 2.24) is 0 Å². The van der Waals surface area contributed by atoms with E-state index in [9.17, 15) is 22.4 Å². The molecule has 2 heterocycles. The molecular formula is C26H18F3NO5S. The van der Waals surface area contributed by atoms with E-state index in [-0.39, 0.29) is 27.8 Å². The molecule has 1 atom stereocenters. The summed E-state index contributed by atoms with van der Waals surface area (Å²) in [7, 11) is -4.71. The molecule has 184 valence electrons. The highest BCUT2D eigenvalue weighted by Crippen LogP contribution is 2.40. The second-order valence-corrected chi connectivity index (χ2v) is 10.4. The van der Waals surface area contributed by atoms with Gasteiger partial charge in [-0.2, -0.15) is 8.78 Å². The van der Waals surface area contributed by atoms with Crippen LogP contribution >= 0.6 is 0 Å². The molecule has 0 saturated carbocycles. The highest BCUT2D eigenvalue weighted by Gasteiger charge is 2.58.